The molecule has 30 heavy (non-hydrogen) atoms. The molecule has 1 aliphatic rings. The summed E-state index contributed by atoms with van der Waals surface area (Å²) in [5.74, 6) is 0.260. The van der Waals surface area contributed by atoms with E-state index in [0.29, 0.717) is 30.8 Å². The molecule has 1 heterocycles. The quantitative estimate of drug-likeness (QED) is 0.391. The first-order chi connectivity index (χ1) is 14.2. The van der Waals surface area contributed by atoms with E-state index in [4.69, 9.17) is 19.9 Å². The molecule has 166 valence electrons. The summed E-state index contributed by atoms with van der Waals surface area (Å²) in [5.41, 5.74) is 7.94. The van der Waals surface area contributed by atoms with Gasteiger partial charge in [-0.1, -0.05) is 0 Å². The number of amides is 1. The Bertz CT molecular complexity index is 779. The normalized spacial score (nSPS) is 17.2. The van der Waals surface area contributed by atoms with E-state index in [0.717, 1.165) is 24.0 Å². The molecule has 1 aliphatic heterocycles. The Hall–Kier alpha value is -2.61. The van der Waals surface area contributed by atoms with Crippen LogP contribution in [0.3, 0.4) is 0 Å². The summed E-state index contributed by atoms with van der Waals surface area (Å²) in [6, 6.07) is 3.66. The van der Waals surface area contributed by atoms with Gasteiger partial charge >= 0.3 is 12.1 Å². The number of aryl methyl sites for hydroxylation is 1. The molecule has 2 unspecified atom stereocenters. The number of nitrogens with zero attached hydrogens (tertiary/aromatic N) is 1. The summed E-state index contributed by atoms with van der Waals surface area (Å²) < 4.78 is 15.6. The van der Waals surface area contributed by atoms with E-state index in [1.54, 1.807) is 18.1 Å². The van der Waals surface area contributed by atoms with Crippen molar-refractivity contribution in [2.75, 3.05) is 26.7 Å². The number of benzene rings is 1. The van der Waals surface area contributed by atoms with Gasteiger partial charge in [-0.15, -0.1) is 0 Å². The number of nitrogens with two attached hydrogens (primary N) is 1. The second kappa shape index (κ2) is 11.0. The van der Waals surface area contributed by atoms with E-state index in [1.165, 1.54) is 6.92 Å². The number of likely N-dealkylation sites (tertiary alicyclic amines) is 1. The maximum Gasteiger partial charge on any atom is 0.412 e. The van der Waals surface area contributed by atoms with E-state index in [1.807, 2.05) is 19.9 Å². The van der Waals surface area contributed by atoms with Crippen LogP contribution in [0.4, 0.5) is 4.79 Å². The van der Waals surface area contributed by atoms with Crippen molar-refractivity contribution in [3.63, 3.8) is 0 Å². The number of hydrogen-bond acceptors (Lipinski definition) is 7. The zero-order valence-corrected chi connectivity index (χ0v) is 18.2. The lowest BCUT2D eigenvalue weighted by Crippen LogP contribution is -2.42. The molecule has 1 aromatic carbocycles. The molecule has 0 saturated carbocycles. The number of carbonyl (C=O) groups is 3. The molecule has 8 nitrogen and oxygen atoms in total. The maximum atomic E-state index is 12.8. The van der Waals surface area contributed by atoms with Crippen molar-refractivity contribution in [3.8, 4) is 5.75 Å². The number of rotatable bonds is 8. The van der Waals surface area contributed by atoms with Crippen molar-refractivity contribution in [2.24, 2.45) is 11.7 Å². The lowest BCUT2D eigenvalue weighted by atomic mass is 9.90. The van der Waals surface area contributed by atoms with Gasteiger partial charge in [0.2, 0.25) is 6.29 Å². The van der Waals surface area contributed by atoms with Crippen molar-refractivity contribution in [3.05, 3.63) is 28.8 Å². The summed E-state index contributed by atoms with van der Waals surface area (Å²) in [7, 11) is 1.59. The predicted molar refractivity (Wildman–Crippen MR) is 111 cm³/mol. The number of methoxy groups -OCH3 is 1. The zero-order chi connectivity index (χ0) is 22.3. The van der Waals surface area contributed by atoms with E-state index >= 15 is 0 Å². The molecule has 0 bridgehead atoms. The van der Waals surface area contributed by atoms with Crippen molar-refractivity contribution in [1.29, 1.82) is 0 Å². The van der Waals surface area contributed by atoms with Crippen LogP contribution >= 0.6 is 0 Å². The van der Waals surface area contributed by atoms with Crippen LogP contribution in [0.1, 0.15) is 54.1 Å². The second-order valence-corrected chi connectivity index (χ2v) is 7.68. The van der Waals surface area contributed by atoms with Crippen LogP contribution < -0.4 is 10.5 Å². The summed E-state index contributed by atoms with van der Waals surface area (Å²) in [6.07, 6.45) is 0.522. The number of ether oxygens (including phenoxy) is 3. The van der Waals surface area contributed by atoms with Gasteiger partial charge in [0.05, 0.1) is 13.5 Å². The minimum atomic E-state index is -0.985. The molecule has 1 amide bonds. The highest BCUT2D eigenvalue weighted by Crippen LogP contribution is 2.27. The molecule has 1 saturated heterocycles. The van der Waals surface area contributed by atoms with Gasteiger partial charge in [-0.25, -0.2) is 4.79 Å². The third-order valence-electron chi connectivity index (χ3n) is 5.33. The first-order valence-electron chi connectivity index (χ1n) is 10.3. The molecule has 8 heteroatoms. The average molecular weight is 421 g/mol. The van der Waals surface area contributed by atoms with Gasteiger partial charge in [-0.3, -0.25) is 9.59 Å². The van der Waals surface area contributed by atoms with Gasteiger partial charge in [0.25, 0.3) is 0 Å². The van der Waals surface area contributed by atoms with Crippen LogP contribution in [0.5, 0.6) is 5.75 Å². The van der Waals surface area contributed by atoms with E-state index in [2.05, 4.69) is 0 Å². The fraction of sp³-hybridized carbons (Fsp3) is 0.591. The number of Topliss-reactive ketones (excluding diaryl/α,β-unsaturated/α-hetero) is 1. The minimum absolute atomic E-state index is 0.0284. The number of carbonyl (C=O) groups excluding carboxylic acids is 3. The summed E-state index contributed by atoms with van der Waals surface area (Å²) in [4.78, 5) is 38.2. The van der Waals surface area contributed by atoms with Crippen LogP contribution in [0.15, 0.2) is 12.1 Å². The van der Waals surface area contributed by atoms with Crippen molar-refractivity contribution < 1.29 is 28.6 Å². The van der Waals surface area contributed by atoms with E-state index in [9.17, 15) is 14.4 Å². The van der Waals surface area contributed by atoms with Gasteiger partial charge in [0.1, 0.15) is 5.75 Å². The molecular weight excluding hydrogens is 388 g/mol. The topological polar surface area (TPSA) is 108 Å². The van der Waals surface area contributed by atoms with Gasteiger partial charge < -0.3 is 24.8 Å². The van der Waals surface area contributed by atoms with Crippen LogP contribution in [0, 0.1) is 19.8 Å². The molecule has 2 atom stereocenters. The van der Waals surface area contributed by atoms with Gasteiger partial charge in [0, 0.05) is 38.5 Å². The Labute approximate surface area is 177 Å². The molecule has 0 aromatic heterocycles. The van der Waals surface area contributed by atoms with E-state index < -0.39 is 18.4 Å². The molecule has 0 radical (unpaired) electrons. The molecule has 0 aliphatic carbocycles. The fourth-order valence-electron chi connectivity index (χ4n) is 3.58. The first-order valence-corrected chi connectivity index (χ1v) is 10.3. The SMILES string of the molecule is COc1cc(C(=O)CC2CCCN(C(=O)OC(C)OC(=O)CCN)C2)cc(C)c1C. The predicted octanol–water partition coefficient (Wildman–Crippen LogP) is 2.97. The molecular formula is C22H32N2O6. The Morgan fingerprint density at radius 3 is 2.63 bits per heavy atom. The van der Waals surface area contributed by atoms with Crippen molar-refractivity contribution in [2.45, 2.75) is 52.7 Å². The van der Waals surface area contributed by atoms with Gasteiger partial charge in [-0.2, -0.15) is 0 Å². The van der Waals surface area contributed by atoms with Crippen molar-refractivity contribution in [1.82, 2.24) is 4.90 Å². The molecule has 1 aromatic rings. The van der Waals surface area contributed by atoms with Crippen LogP contribution in [0.2, 0.25) is 0 Å². The highest BCUT2D eigenvalue weighted by atomic mass is 16.7. The Morgan fingerprint density at radius 1 is 1.23 bits per heavy atom. The zero-order valence-electron chi connectivity index (χ0n) is 18.2. The summed E-state index contributed by atoms with van der Waals surface area (Å²) in [5, 5.41) is 0. The lowest BCUT2D eigenvalue weighted by Gasteiger charge is -2.32. The van der Waals surface area contributed by atoms with Crippen LogP contribution in [-0.2, 0) is 14.3 Å². The summed E-state index contributed by atoms with van der Waals surface area (Å²) in [6.45, 7) is 6.55. The highest BCUT2D eigenvalue weighted by Gasteiger charge is 2.28. The number of esters is 1. The third-order valence-corrected chi connectivity index (χ3v) is 5.33. The average Bonchev–Trinajstić information content (AvgIpc) is 2.70. The smallest absolute Gasteiger partial charge is 0.412 e. The molecule has 0 spiro atoms. The Balaban J connectivity index is 1.93. The Kier molecular flexibility index (Phi) is 8.65. The third kappa shape index (κ3) is 6.45. The molecule has 2 rings (SSSR count). The van der Waals surface area contributed by atoms with Gasteiger partial charge in [0.15, 0.2) is 5.78 Å². The number of hydrogen-bond donors (Lipinski definition) is 1. The lowest BCUT2D eigenvalue weighted by molar-refractivity contribution is -0.166. The fourth-order valence-corrected chi connectivity index (χ4v) is 3.58. The second-order valence-electron chi connectivity index (χ2n) is 7.68. The van der Waals surface area contributed by atoms with Crippen molar-refractivity contribution >= 4 is 17.8 Å². The maximum absolute atomic E-state index is 12.8. The van der Waals surface area contributed by atoms with Gasteiger partial charge in [-0.05, 0) is 55.9 Å². The van der Waals surface area contributed by atoms with E-state index in [-0.39, 0.29) is 24.7 Å². The monoisotopic (exact) mass is 420 g/mol. The van der Waals surface area contributed by atoms with Crippen LogP contribution in [0.25, 0.3) is 0 Å². The standard InChI is InChI=1S/C22H32N2O6/c1-14-10-18(12-20(28-4)15(14)2)19(25)11-17-6-5-9-24(13-17)22(27)30-16(3)29-21(26)7-8-23/h10,12,16-17H,5-9,11,13,23H2,1-4H3. The highest BCUT2D eigenvalue weighted by molar-refractivity contribution is 5.97. The largest absolute Gasteiger partial charge is 0.496 e. The number of ketones is 1. The Morgan fingerprint density at radius 2 is 1.97 bits per heavy atom. The molecule has 1 fully saturated rings. The van der Waals surface area contributed by atoms with Crippen LogP contribution in [-0.4, -0.2) is 55.8 Å². The summed E-state index contributed by atoms with van der Waals surface area (Å²) >= 11 is 0. The molecule has 2 N–H and O–H groups in total. The first kappa shape index (κ1) is 23.7. The minimum Gasteiger partial charge on any atom is -0.496 e. The number of piperidine rings is 1.